The van der Waals surface area contributed by atoms with Gasteiger partial charge in [0.2, 0.25) is 0 Å². The van der Waals surface area contributed by atoms with Gasteiger partial charge in [0.1, 0.15) is 5.75 Å². The predicted octanol–water partition coefficient (Wildman–Crippen LogP) is 4.05. The molecule has 31 heavy (non-hydrogen) atoms. The topological polar surface area (TPSA) is 81.2 Å². The minimum absolute atomic E-state index is 0.322. The molecule has 2 N–H and O–H groups in total. The number of benzene rings is 2. The number of thiocarbonyl (C=S) groups is 1. The van der Waals surface area contributed by atoms with Crippen LogP contribution in [-0.2, 0) is 0 Å². The van der Waals surface area contributed by atoms with E-state index >= 15 is 0 Å². The van der Waals surface area contributed by atoms with E-state index in [0.29, 0.717) is 34.0 Å². The van der Waals surface area contributed by atoms with Gasteiger partial charge in [0.15, 0.2) is 16.6 Å². The van der Waals surface area contributed by atoms with Gasteiger partial charge < -0.3 is 19.5 Å². The van der Waals surface area contributed by atoms with Crippen molar-refractivity contribution in [1.29, 1.82) is 0 Å². The van der Waals surface area contributed by atoms with E-state index in [-0.39, 0.29) is 0 Å². The second-order valence-corrected chi connectivity index (χ2v) is 7.61. The highest BCUT2D eigenvalue weighted by atomic mass is 32.1. The molecule has 0 atom stereocenters. The fraction of sp³-hybridized carbons (Fsp3) is 0.348. The van der Waals surface area contributed by atoms with Crippen molar-refractivity contribution in [3.63, 3.8) is 0 Å². The summed E-state index contributed by atoms with van der Waals surface area (Å²) in [5, 5.41) is 7.99. The van der Waals surface area contributed by atoms with Crippen molar-refractivity contribution < 1.29 is 19.0 Å². The molecule has 0 amide bonds. The maximum Gasteiger partial charge on any atom is 0.343 e. The van der Waals surface area contributed by atoms with Crippen LogP contribution in [0.2, 0.25) is 0 Å². The van der Waals surface area contributed by atoms with Crippen LogP contribution in [0.25, 0.3) is 0 Å². The van der Waals surface area contributed by atoms with E-state index in [0.717, 1.165) is 18.4 Å². The van der Waals surface area contributed by atoms with Crippen molar-refractivity contribution in [1.82, 2.24) is 10.7 Å². The number of hydrazone groups is 1. The zero-order valence-electron chi connectivity index (χ0n) is 17.7. The van der Waals surface area contributed by atoms with Crippen LogP contribution in [0.3, 0.4) is 0 Å². The SMILES string of the molecule is COc1ccc(C(=O)Oc2ccc(/C=N\NC(=S)NC3CCCCC3)cc2OC)cc1. The summed E-state index contributed by atoms with van der Waals surface area (Å²) in [5.41, 5.74) is 4.03. The Labute approximate surface area is 187 Å². The van der Waals surface area contributed by atoms with E-state index in [2.05, 4.69) is 15.8 Å². The molecular weight excluding hydrogens is 414 g/mol. The van der Waals surface area contributed by atoms with E-state index < -0.39 is 5.97 Å². The molecule has 0 aliphatic heterocycles. The smallest absolute Gasteiger partial charge is 0.343 e. The Hall–Kier alpha value is -3.13. The summed E-state index contributed by atoms with van der Waals surface area (Å²) in [6.07, 6.45) is 7.67. The van der Waals surface area contributed by atoms with Gasteiger partial charge in [-0.05, 0) is 73.1 Å². The van der Waals surface area contributed by atoms with Crippen molar-refractivity contribution >= 4 is 29.5 Å². The number of hydrogen-bond acceptors (Lipinski definition) is 6. The lowest BCUT2D eigenvalue weighted by Gasteiger charge is -2.23. The second kappa shape index (κ2) is 11.3. The van der Waals surface area contributed by atoms with Crippen LogP contribution in [0.15, 0.2) is 47.6 Å². The molecule has 0 bridgehead atoms. The molecule has 0 saturated heterocycles. The van der Waals surface area contributed by atoms with Gasteiger partial charge in [0.25, 0.3) is 0 Å². The molecule has 1 saturated carbocycles. The van der Waals surface area contributed by atoms with E-state index in [4.69, 9.17) is 26.4 Å². The van der Waals surface area contributed by atoms with Crippen LogP contribution in [0.1, 0.15) is 48.0 Å². The van der Waals surface area contributed by atoms with Gasteiger partial charge in [-0.25, -0.2) is 4.79 Å². The summed E-state index contributed by atoms with van der Waals surface area (Å²) in [4.78, 5) is 12.4. The molecule has 2 aromatic rings. The number of carbonyl (C=O) groups excluding carboxylic acids is 1. The largest absolute Gasteiger partial charge is 0.497 e. The van der Waals surface area contributed by atoms with Crippen LogP contribution in [0, 0.1) is 0 Å². The fourth-order valence-corrected chi connectivity index (χ4v) is 3.58. The van der Waals surface area contributed by atoms with Crippen LogP contribution in [0.5, 0.6) is 17.2 Å². The molecule has 3 rings (SSSR count). The Balaban J connectivity index is 1.57. The van der Waals surface area contributed by atoms with Crippen LogP contribution >= 0.6 is 12.2 Å². The van der Waals surface area contributed by atoms with Crippen molar-refractivity contribution in [3.8, 4) is 17.2 Å². The third-order valence-corrected chi connectivity index (χ3v) is 5.25. The predicted molar refractivity (Wildman–Crippen MR) is 124 cm³/mol. The number of carbonyl (C=O) groups is 1. The molecular formula is C23H27N3O4S. The monoisotopic (exact) mass is 441 g/mol. The number of rotatable bonds is 7. The number of esters is 1. The lowest BCUT2D eigenvalue weighted by Crippen LogP contribution is -2.40. The molecule has 0 radical (unpaired) electrons. The van der Waals surface area contributed by atoms with Crippen LogP contribution < -0.4 is 25.0 Å². The lowest BCUT2D eigenvalue weighted by atomic mass is 9.96. The lowest BCUT2D eigenvalue weighted by molar-refractivity contribution is 0.0729. The van der Waals surface area contributed by atoms with Crippen molar-refractivity contribution in [2.45, 2.75) is 38.1 Å². The minimum Gasteiger partial charge on any atom is -0.497 e. The zero-order chi connectivity index (χ0) is 22.1. The first-order chi connectivity index (χ1) is 15.1. The van der Waals surface area contributed by atoms with E-state index in [1.165, 1.54) is 26.4 Å². The third kappa shape index (κ3) is 6.68. The Morgan fingerprint density at radius 3 is 2.45 bits per heavy atom. The summed E-state index contributed by atoms with van der Waals surface area (Å²) in [7, 11) is 3.09. The number of ether oxygens (including phenoxy) is 3. The van der Waals surface area contributed by atoms with Gasteiger partial charge >= 0.3 is 5.97 Å². The van der Waals surface area contributed by atoms with E-state index in [1.54, 1.807) is 55.8 Å². The van der Waals surface area contributed by atoms with Crippen molar-refractivity contribution in [3.05, 3.63) is 53.6 Å². The Kier molecular flexibility index (Phi) is 8.23. The molecule has 0 spiro atoms. The van der Waals surface area contributed by atoms with Gasteiger partial charge in [-0.1, -0.05) is 19.3 Å². The van der Waals surface area contributed by atoms with Gasteiger partial charge in [0, 0.05) is 6.04 Å². The molecule has 1 aliphatic rings. The molecule has 1 aliphatic carbocycles. The molecule has 2 aromatic carbocycles. The molecule has 1 fully saturated rings. The molecule has 0 aromatic heterocycles. The molecule has 164 valence electrons. The van der Waals surface area contributed by atoms with Crippen LogP contribution in [-0.4, -0.2) is 37.6 Å². The summed E-state index contributed by atoms with van der Waals surface area (Å²) in [5.74, 6) is 0.930. The Morgan fingerprint density at radius 1 is 1.03 bits per heavy atom. The highest BCUT2D eigenvalue weighted by Crippen LogP contribution is 2.28. The van der Waals surface area contributed by atoms with E-state index in [1.807, 2.05) is 0 Å². The summed E-state index contributed by atoms with van der Waals surface area (Å²) >= 11 is 5.30. The molecule has 7 nitrogen and oxygen atoms in total. The van der Waals surface area contributed by atoms with Gasteiger partial charge in [0.05, 0.1) is 26.0 Å². The highest BCUT2D eigenvalue weighted by Gasteiger charge is 2.14. The van der Waals surface area contributed by atoms with Gasteiger partial charge in [-0.15, -0.1) is 0 Å². The van der Waals surface area contributed by atoms with Gasteiger partial charge in [-0.3, -0.25) is 5.43 Å². The second-order valence-electron chi connectivity index (χ2n) is 7.21. The van der Waals surface area contributed by atoms with Gasteiger partial charge in [-0.2, -0.15) is 5.10 Å². The standard InChI is InChI=1S/C23H27N3O4S/c1-28-19-11-9-17(10-12-19)22(27)30-20-13-8-16(14-21(20)29-2)15-24-26-23(31)25-18-6-4-3-5-7-18/h8-15,18H,3-7H2,1-2H3,(H2,25,26,31)/b24-15-. The van der Waals surface area contributed by atoms with E-state index in [9.17, 15) is 4.79 Å². The third-order valence-electron chi connectivity index (χ3n) is 5.04. The molecule has 0 heterocycles. The Morgan fingerprint density at radius 2 is 1.77 bits per heavy atom. The van der Waals surface area contributed by atoms with Crippen molar-refractivity contribution in [2.24, 2.45) is 5.10 Å². The average molecular weight is 442 g/mol. The normalized spacial score (nSPS) is 14.1. The quantitative estimate of drug-likeness (QED) is 0.221. The first kappa shape index (κ1) is 22.6. The Bertz CT molecular complexity index is 925. The number of methoxy groups -OCH3 is 2. The number of nitrogens with zero attached hydrogens (tertiary/aromatic N) is 1. The zero-order valence-corrected chi connectivity index (χ0v) is 18.5. The summed E-state index contributed by atoms with van der Waals surface area (Å²) in [6, 6.07) is 12.3. The van der Waals surface area contributed by atoms with Crippen molar-refractivity contribution in [2.75, 3.05) is 14.2 Å². The maximum absolute atomic E-state index is 12.4. The fourth-order valence-electron chi connectivity index (χ4n) is 3.36. The summed E-state index contributed by atoms with van der Waals surface area (Å²) in [6.45, 7) is 0. The maximum atomic E-state index is 12.4. The molecule has 0 unspecified atom stereocenters. The number of nitrogens with one attached hydrogen (secondary N) is 2. The first-order valence-electron chi connectivity index (χ1n) is 10.2. The molecule has 8 heteroatoms. The summed E-state index contributed by atoms with van der Waals surface area (Å²) < 4.78 is 16.0. The average Bonchev–Trinajstić information content (AvgIpc) is 2.80. The minimum atomic E-state index is -0.483. The van der Waals surface area contributed by atoms with Crippen LogP contribution in [0.4, 0.5) is 0 Å². The highest BCUT2D eigenvalue weighted by molar-refractivity contribution is 7.80. The number of hydrogen-bond donors (Lipinski definition) is 2. The first-order valence-corrected chi connectivity index (χ1v) is 10.6.